The van der Waals surface area contributed by atoms with Gasteiger partial charge in [0.1, 0.15) is 11.7 Å². The van der Waals surface area contributed by atoms with E-state index >= 15 is 0 Å². The molecule has 5 nitrogen and oxygen atoms in total. The van der Waals surface area contributed by atoms with Crippen molar-refractivity contribution in [1.29, 1.82) is 0 Å². The molecule has 0 radical (unpaired) electrons. The molecule has 35 heavy (non-hydrogen) atoms. The van der Waals surface area contributed by atoms with Crippen molar-refractivity contribution in [2.24, 2.45) is 0 Å². The van der Waals surface area contributed by atoms with E-state index in [0.29, 0.717) is 0 Å². The minimum absolute atomic E-state index is 0.0838. The van der Waals surface area contributed by atoms with E-state index in [1.807, 2.05) is 103 Å². The first-order valence-corrected chi connectivity index (χ1v) is 11.8. The number of esters is 2. The van der Waals surface area contributed by atoms with E-state index in [2.05, 4.69) is 5.32 Å². The van der Waals surface area contributed by atoms with Crippen LogP contribution in [0.3, 0.4) is 0 Å². The number of carbonyl (C=O) groups is 2. The number of carbonyl (C=O) groups excluding carboxylic acids is 2. The fraction of sp³-hybridized carbons (Fsp3) is 0.267. The van der Waals surface area contributed by atoms with Crippen LogP contribution in [-0.4, -0.2) is 23.1 Å². The summed E-state index contributed by atoms with van der Waals surface area (Å²) in [6.45, 7) is 5.36. The van der Waals surface area contributed by atoms with Gasteiger partial charge < -0.3 is 9.47 Å². The Bertz CT molecular complexity index is 1170. The monoisotopic (exact) mass is 469 g/mol. The van der Waals surface area contributed by atoms with Crippen molar-refractivity contribution < 1.29 is 19.1 Å². The highest BCUT2D eigenvalue weighted by atomic mass is 16.6. The zero-order chi connectivity index (χ0) is 24.9. The lowest BCUT2D eigenvalue weighted by Crippen LogP contribution is -2.65. The first kappa shape index (κ1) is 24.4. The van der Waals surface area contributed by atoms with Crippen molar-refractivity contribution in [2.75, 3.05) is 0 Å². The molecule has 3 aromatic carbocycles. The molecule has 1 heterocycles. The van der Waals surface area contributed by atoms with Crippen molar-refractivity contribution in [2.45, 2.75) is 50.5 Å². The Kier molecular flexibility index (Phi) is 7.17. The number of hydrogen-bond donors (Lipinski definition) is 1. The lowest BCUT2D eigenvalue weighted by molar-refractivity contribution is -0.185. The molecule has 180 valence electrons. The molecule has 4 rings (SSSR count). The molecule has 1 aliphatic heterocycles. The molecular formula is C30H31NO4. The Hall–Kier alpha value is -3.70. The fourth-order valence-corrected chi connectivity index (χ4v) is 4.17. The topological polar surface area (TPSA) is 64.6 Å². The summed E-state index contributed by atoms with van der Waals surface area (Å²) in [6.07, 6.45) is 3.20. The van der Waals surface area contributed by atoms with Gasteiger partial charge in [0, 0.05) is 6.42 Å². The Morgan fingerprint density at radius 1 is 0.914 bits per heavy atom. The van der Waals surface area contributed by atoms with E-state index in [1.165, 1.54) is 0 Å². The van der Waals surface area contributed by atoms with Crippen molar-refractivity contribution in [1.82, 2.24) is 5.32 Å². The molecule has 3 aromatic rings. The summed E-state index contributed by atoms with van der Waals surface area (Å²) in [5, 5.41) is 3.39. The van der Waals surface area contributed by atoms with Crippen LogP contribution in [-0.2, 0) is 19.1 Å². The summed E-state index contributed by atoms with van der Waals surface area (Å²) < 4.78 is 11.8. The van der Waals surface area contributed by atoms with Crippen LogP contribution in [0.15, 0.2) is 97.1 Å². The second-order valence-corrected chi connectivity index (χ2v) is 9.69. The van der Waals surface area contributed by atoms with Crippen LogP contribution in [0.2, 0.25) is 0 Å². The lowest BCUT2D eigenvalue weighted by Gasteiger charge is -2.43. The molecule has 0 amide bonds. The van der Waals surface area contributed by atoms with Gasteiger partial charge in [0.25, 0.3) is 0 Å². The second kappa shape index (κ2) is 10.3. The molecule has 0 bridgehead atoms. The number of benzene rings is 3. The normalized spacial score (nSPS) is 22.5. The molecule has 1 fully saturated rings. The standard InChI is InChI=1S/C30H31NO4/c1-29(2,3)35-28(33)30(21-13-16-22-14-7-4-8-15-22)27(32)34-26(24-19-11-6-12-20-24)25(31-30)23-17-9-5-10-18-23/h4-20,25-26,31H,21H2,1-3H3. The molecule has 3 unspecified atom stereocenters. The van der Waals surface area contributed by atoms with Gasteiger partial charge in [-0.1, -0.05) is 103 Å². The summed E-state index contributed by atoms with van der Waals surface area (Å²) in [5.41, 5.74) is 0.268. The van der Waals surface area contributed by atoms with Gasteiger partial charge in [0.15, 0.2) is 0 Å². The third-order valence-corrected chi connectivity index (χ3v) is 5.86. The second-order valence-electron chi connectivity index (χ2n) is 9.69. The Morgan fingerprint density at radius 3 is 2.03 bits per heavy atom. The number of hydrogen-bond acceptors (Lipinski definition) is 5. The van der Waals surface area contributed by atoms with Gasteiger partial charge >= 0.3 is 11.9 Å². The van der Waals surface area contributed by atoms with Crippen LogP contribution in [0.4, 0.5) is 0 Å². The molecule has 5 heteroatoms. The summed E-state index contributed by atoms with van der Waals surface area (Å²) in [7, 11) is 0. The maximum Gasteiger partial charge on any atom is 0.339 e. The highest BCUT2D eigenvalue weighted by Crippen LogP contribution is 2.40. The maximum atomic E-state index is 13.6. The van der Waals surface area contributed by atoms with E-state index in [4.69, 9.17) is 9.47 Å². The fourth-order valence-electron chi connectivity index (χ4n) is 4.17. The Balaban J connectivity index is 1.75. The minimum atomic E-state index is -1.69. The average Bonchev–Trinajstić information content (AvgIpc) is 2.85. The van der Waals surface area contributed by atoms with E-state index in [-0.39, 0.29) is 6.42 Å². The first-order chi connectivity index (χ1) is 16.8. The molecular weight excluding hydrogens is 438 g/mol. The van der Waals surface area contributed by atoms with Crippen LogP contribution < -0.4 is 5.32 Å². The smallest absolute Gasteiger partial charge is 0.339 e. The third-order valence-electron chi connectivity index (χ3n) is 5.86. The number of nitrogens with one attached hydrogen (secondary N) is 1. The third kappa shape index (κ3) is 5.69. The summed E-state index contributed by atoms with van der Waals surface area (Å²) in [4.78, 5) is 27.2. The molecule has 1 N–H and O–H groups in total. The maximum absolute atomic E-state index is 13.6. The molecule has 1 aliphatic rings. The molecule has 1 saturated heterocycles. The van der Waals surface area contributed by atoms with E-state index < -0.39 is 35.2 Å². The van der Waals surface area contributed by atoms with Crippen molar-refractivity contribution in [3.05, 3.63) is 114 Å². The lowest BCUT2D eigenvalue weighted by atomic mass is 9.85. The number of morpholine rings is 1. The van der Waals surface area contributed by atoms with Crippen LogP contribution in [0, 0.1) is 0 Å². The van der Waals surface area contributed by atoms with Crippen molar-refractivity contribution >= 4 is 18.0 Å². The largest absolute Gasteiger partial charge is 0.458 e. The molecule has 0 saturated carbocycles. The Morgan fingerprint density at radius 2 is 1.46 bits per heavy atom. The van der Waals surface area contributed by atoms with E-state index in [1.54, 1.807) is 20.8 Å². The highest BCUT2D eigenvalue weighted by Gasteiger charge is 2.56. The molecule has 0 aliphatic carbocycles. The predicted molar refractivity (Wildman–Crippen MR) is 136 cm³/mol. The van der Waals surface area contributed by atoms with Crippen LogP contribution >= 0.6 is 0 Å². The van der Waals surface area contributed by atoms with Crippen LogP contribution in [0.25, 0.3) is 6.08 Å². The van der Waals surface area contributed by atoms with Crippen LogP contribution in [0.5, 0.6) is 0 Å². The first-order valence-electron chi connectivity index (χ1n) is 11.8. The zero-order valence-corrected chi connectivity index (χ0v) is 20.3. The van der Waals surface area contributed by atoms with Gasteiger partial charge in [-0.2, -0.15) is 0 Å². The van der Waals surface area contributed by atoms with Crippen molar-refractivity contribution in [3.8, 4) is 0 Å². The van der Waals surface area contributed by atoms with Gasteiger partial charge in [0.2, 0.25) is 5.54 Å². The number of ether oxygens (including phenoxy) is 2. The predicted octanol–water partition coefficient (Wildman–Crippen LogP) is 5.80. The molecule has 3 atom stereocenters. The minimum Gasteiger partial charge on any atom is -0.458 e. The number of cyclic esters (lactones) is 1. The van der Waals surface area contributed by atoms with E-state index in [9.17, 15) is 9.59 Å². The summed E-state index contributed by atoms with van der Waals surface area (Å²) in [5.74, 6) is -1.30. The molecule has 0 spiro atoms. The summed E-state index contributed by atoms with van der Waals surface area (Å²) >= 11 is 0. The van der Waals surface area contributed by atoms with Gasteiger partial charge in [-0.25, -0.2) is 9.59 Å². The summed E-state index contributed by atoms with van der Waals surface area (Å²) in [6, 6.07) is 28.6. The zero-order valence-electron chi connectivity index (χ0n) is 20.3. The van der Waals surface area contributed by atoms with Gasteiger partial charge in [-0.15, -0.1) is 0 Å². The average molecular weight is 470 g/mol. The SMILES string of the molecule is CC(C)(C)OC(=O)C1(CC=Cc2ccccc2)NC(c2ccccc2)C(c2ccccc2)OC1=O. The van der Waals surface area contributed by atoms with Crippen molar-refractivity contribution in [3.63, 3.8) is 0 Å². The quantitative estimate of drug-likeness (QED) is 0.365. The van der Waals surface area contributed by atoms with Gasteiger partial charge in [-0.3, -0.25) is 5.32 Å². The molecule has 0 aromatic heterocycles. The highest BCUT2D eigenvalue weighted by molar-refractivity contribution is 6.06. The van der Waals surface area contributed by atoms with Gasteiger partial charge in [-0.05, 0) is 37.5 Å². The Labute approximate surface area is 206 Å². The number of rotatable bonds is 6. The van der Waals surface area contributed by atoms with E-state index in [0.717, 1.165) is 16.7 Å². The van der Waals surface area contributed by atoms with Crippen LogP contribution in [0.1, 0.15) is 56.0 Å². The van der Waals surface area contributed by atoms with Gasteiger partial charge in [0.05, 0.1) is 6.04 Å².